The van der Waals surface area contributed by atoms with Crippen LogP contribution in [0.3, 0.4) is 0 Å². The summed E-state index contributed by atoms with van der Waals surface area (Å²) in [5.74, 6) is -1.14. The quantitative estimate of drug-likeness (QED) is 0.508. The molecule has 0 saturated heterocycles. The summed E-state index contributed by atoms with van der Waals surface area (Å²) in [5.41, 5.74) is 5.19. The van der Waals surface area contributed by atoms with Crippen LogP contribution in [-0.2, 0) is 4.79 Å². The Hall–Kier alpha value is -0.610. The Morgan fingerprint density at radius 2 is 2.08 bits per heavy atom. The number of rotatable bonds is 6. The number of carboxylic acid groups (broad SMARTS) is 1. The Labute approximate surface area is 72.4 Å². The molecule has 12 heavy (non-hydrogen) atoms. The van der Waals surface area contributed by atoms with E-state index >= 15 is 0 Å². The van der Waals surface area contributed by atoms with Gasteiger partial charge in [0.2, 0.25) is 0 Å². The maximum absolute atomic E-state index is 10.3. The Morgan fingerprint density at radius 1 is 1.50 bits per heavy atom. The van der Waals surface area contributed by atoms with E-state index in [0.29, 0.717) is 6.42 Å². The second-order valence-corrected chi connectivity index (χ2v) is 2.93. The molecule has 0 radical (unpaired) electrons. The average Bonchev–Trinajstić information content (AvgIpc) is 2.03. The van der Waals surface area contributed by atoms with Crippen LogP contribution in [-0.4, -0.2) is 28.3 Å². The fraction of sp³-hybridized carbons (Fsp3) is 0.875. The highest BCUT2D eigenvalue weighted by atomic mass is 16.4. The molecule has 2 atom stereocenters. The van der Waals surface area contributed by atoms with Gasteiger partial charge in [-0.2, -0.15) is 0 Å². The van der Waals surface area contributed by atoms with Crippen LogP contribution in [0.4, 0.5) is 0 Å². The van der Waals surface area contributed by atoms with Gasteiger partial charge in [-0.25, -0.2) is 0 Å². The van der Waals surface area contributed by atoms with Gasteiger partial charge in [-0.05, 0) is 6.42 Å². The number of nitrogens with two attached hydrogens (primary N) is 1. The summed E-state index contributed by atoms with van der Waals surface area (Å²) in [4.78, 5) is 10.3. The summed E-state index contributed by atoms with van der Waals surface area (Å²) in [6, 6.07) is -1.14. The lowest BCUT2D eigenvalue weighted by Crippen LogP contribution is -2.41. The van der Waals surface area contributed by atoms with Crippen LogP contribution >= 0.6 is 0 Å². The first-order valence-corrected chi connectivity index (χ1v) is 4.26. The van der Waals surface area contributed by atoms with Gasteiger partial charge in [0.15, 0.2) is 0 Å². The molecule has 0 saturated carbocycles. The third-order valence-electron chi connectivity index (χ3n) is 1.80. The van der Waals surface area contributed by atoms with Gasteiger partial charge in [-0.3, -0.25) is 4.79 Å². The third-order valence-corrected chi connectivity index (χ3v) is 1.80. The summed E-state index contributed by atoms with van der Waals surface area (Å²) in [6.07, 6.45) is 2.45. The first-order valence-electron chi connectivity index (χ1n) is 4.26. The van der Waals surface area contributed by atoms with Crippen LogP contribution in [0.15, 0.2) is 0 Å². The molecule has 4 nitrogen and oxygen atoms in total. The van der Waals surface area contributed by atoms with Crippen molar-refractivity contribution in [2.75, 3.05) is 0 Å². The van der Waals surface area contributed by atoms with E-state index in [0.717, 1.165) is 19.3 Å². The average molecular weight is 175 g/mol. The molecule has 72 valence electrons. The molecule has 0 heterocycles. The molecule has 4 heteroatoms. The first-order chi connectivity index (χ1) is 5.59. The first kappa shape index (κ1) is 11.4. The van der Waals surface area contributed by atoms with Crippen molar-refractivity contribution in [1.82, 2.24) is 0 Å². The molecule has 0 aliphatic rings. The lowest BCUT2D eigenvalue weighted by molar-refractivity contribution is -0.141. The molecule has 0 aliphatic carbocycles. The predicted molar refractivity (Wildman–Crippen MR) is 45.8 cm³/mol. The fourth-order valence-electron chi connectivity index (χ4n) is 0.948. The highest BCUT2D eigenvalue weighted by Gasteiger charge is 2.20. The van der Waals surface area contributed by atoms with Gasteiger partial charge in [0.25, 0.3) is 0 Å². The standard InChI is InChI=1S/C8H17NO3/c1-2-3-4-5-6(10)7(9)8(11)12/h6-7,10H,2-5,9H2,1H3,(H,11,12)/t6?,7-/m0/s1. The zero-order valence-corrected chi connectivity index (χ0v) is 7.36. The van der Waals surface area contributed by atoms with E-state index in [-0.39, 0.29) is 0 Å². The molecule has 0 bridgehead atoms. The summed E-state index contributed by atoms with van der Waals surface area (Å²) >= 11 is 0. The van der Waals surface area contributed by atoms with Gasteiger partial charge in [0.05, 0.1) is 6.10 Å². The van der Waals surface area contributed by atoms with Crippen LogP contribution in [0.5, 0.6) is 0 Å². The minimum Gasteiger partial charge on any atom is -0.480 e. The van der Waals surface area contributed by atoms with Crippen molar-refractivity contribution in [2.45, 2.75) is 44.8 Å². The van der Waals surface area contributed by atoms with Crippen LogP contribution < -0.4 is 5.73 Å². The molecule has 0 aromatic rings. The molecule has 0 aromatic carbocycles. The van der Waals surface area contributed by atoms with E-state index in [4.69, 9.17) is 10.8 Å². The lowest BCUT2D eigenvalue weighted by Gasteiger charge is -2.13. The zero-order valence-electron chi connectivity index (χ0n) is 7.36. The monoisotopic (exact) mass is 175 g/mol. The van der Waals surface area contributed by atoms with Crippen molar-refractivity contribution < 1.29 is 15.0 Å². The van der Waals surface area contributed by atoms with Crippen LogP contribution in [0, 0.1) is 0 Å². The fourth-order valence-corrected chi connectivity index (χ4v) is 0.948. The molecule has 0 spiro atoms. The molecule has 0 amide bonds. The number of carboxylic acids is 1. The van der Waals surface area contributed by atoms with E-state index in [2.05, 4.69) is 0 Å². The van der Waals surface area contributed by atoms with Gasteiger partial charge >= 0.3 is 5.97 Å². The smallest absolute Gasteiger partial charge is 0.323 e. The van der Waals surface area contributed by atoms with Crippen LogP contribution in [0.25, 0.3) is 0 Å². The minimum absolute atomic E-state index is 0.474. The third kappa shape index (κ3) is 4.31. The maximum Gasteiger partial charge on any atom is 0.323 e. The number of aliphatic hydroxyl groups is 1. The largest absolute Gasteiger partial charge is 0.480 e. The second-order valence-electron chi connectivity index (χ2n) is 2.93. The SMILES string of the molecule is CCCCCC(O)[C@H](N)C(=O)O. The Kier molecular flexibility index (Phi) is 5.66. The summed E-state index contributed by atoms with van der Waals surface area (Å²) in [7, 11) is 0. The van der Waals surface area contributed by atoms with Crippen molar-refractivity contribution >= 4 is 5.97 Å². The highest BCUT2D eigenvalue weighted by Crippen LogP contribution is 2.05. The molecular formula is C8H17NO3. The van der Waals surface area contributed by atoms with Gasteiger partial charge in [-0.1, -0.05) is 26.2 Å². The van der Waals surface area contributed by atoms with E-state index in [1.165, 1.54) is 0 Å². The van der Waals surface area contributed by atoms with Crippen molar-refractivity contribution in [1.29, 1.82) is 0 Å². The number of unbranched alkanes of at least 4 members (excludes halogenated alkanes) is 2. The van der Waals surface area contributed by atoms with Crippen molar-refractivity contribution in [3.63, 3.8) is 0 Å². The highest BCUT2D eigenvalue weighted by molar-refractivity contribution is 5.73. The molecule has 4 N–H and O–H groups in total. The van der Waals surface area contributed by atoms with Crippen LogP contribution in [0.1, 0.15) is 32.6 Å². The second kappa shape index (κ2) is 5.97. The Balaban J connectivity index is 3.56. The molecule has 0 fully saturated rings. The summed E-state index contributed by atoms with van der Waals surface area (Å²) < 4.78 is 0. The molecule has 1 unspecified atom stereocenters. The van der Waals surface area contributed by atoms with E-state index in [9.17, 15) is 9.90 Å². The zero-order chi connectivity index (χ0) is 9.56. The molecular weight excluding hydrogens is 158 g/mol. The Morgan fingerprint density at radius 3 is 2.50 bits per heavy atom. The van der Waals surface area contributed by atoms with Crippen LogP contribution in [0.2, 0.25) is 0 Å². The molecule has 0 rings (SSSR count). The van der Waals surface area contributed by atoms with Gasteiger partial charge in [0.1, 0.15) is 6.04 Å². The van der Waals surface area contributed by atoms with Gasteiger partial charge < -0.3 is 15.9 Å². The van der Waals surface area contributed by atoms with Crippen molar-refractivity contribution in [3.8, 4) is 0 Å². The number of hydrogen-bond acceptors (Lipinski definition) is 3. The topological polar surface area (TPSA) is 83.5 Å². The number of aliphatic hydroxyl groups excluding tert-OH is 1. The van der Waals surface area contributed by atoms with Crippen molar-refractivity contribution in [2.24, 2.45) is 5.73 Å². The lowest BCUT2D eigenvalue weighted by atomic mass is 10.1. The van der Waals surface area contributed by atoms with E-state index < -0.39 is 18.1 Å². The van der Waals surface area contributed by atoms with E-state index in [1.54, 1.807) is 0 Å². The number of carbonyl (C=O) groups is 1. The van der Waals surface area contributed by atoms with Gasteiger partial charge in [0, 0.05) is 0 Å². The summed E-state index contributed by atoms with van der Waals surface area (Å²) in [5, 5.41) is 17.6. The number of hydrogen-bond donors (Lipinski definition) is 3. The molecule has 0 aromatic heterocycles. The summed E-state index contributed by atoms with van der Waals surface area (Å²) in [6.45, 7) is 2.05. The van der Waals surface area contributed by atoms with E-state index in [1.807, 2.05) is 6.92 Å². The minimum atomic E-state index is -1.14. The van der Waals surface area contributed by atoms with Crippen molar-refractivity contribution in [3.05, 3.63) is 0 Å². The van der Waals surface area contributed by atoms with Gasteiger partial charge in [-0.15, -0.1) is 0 Å². The maximum atomic E-state index is 10.3. The number of aliphatic carboxylic acids is 1. The normalized spacial score (nSPS) is 15.6. The predicted octanol–water partition coefficient (Wildman–Crippen LogP) is 0.339. The molecule has 0 aliphatic heterocycles. The Bertz CT molecular complexity index is 138.